The summed E-state index contributed by atoms with van der Waals surface area (Å²) in [7, 11) is 0. The van der Waals surface area contributed by atoms with Crippen molar-refractivity contribution in [3.05, 3.63) is 29.3 Å². The van der Waals surface area contributed by atoms with E-state index in [4.69, 9.17) is 11.6 Å². The summed E-state index contributed by atoms with van der Waals surface area (Å²) in [5.74, 6) is 0.442. The molecule has 22 heavy (non-hydrogen) atoms. The van der Waals surface area contributed by atoms with Gasteiger partial charge >= 0.3 is 0 Å². The van der Waals surface area contributed by atoms with Crippen LogP contribution >= 0.6 is 11.6 Å². The predicted molar refractivity (Wildman–Crippen MR) is 89.0 cm³/mol. The molecule has 1 aromatic carbocycles. The van der Waals surface area contributed by atoms with Gasteiger partial charge in [0.2, 0.25) is 11.8 Å². The molecule has 1 saturated heterocycles. The fraction of sp³-hybridized carbons (Fsp3) is 0.529. The zero-order chi connectivity index (χ0) is 16.1. The van der Waals surface area contributed by atoms with Crippen LogP contribution in [0.2, 0.25) is 5.02 Å². The van der Waals surface area contributed by atoms with Crippen LogP contribution in [0.15, 0.2) is 24.3 Å². The quantitative estimate of drug-likeness (QED) is 0.874. The first-order valence-corrected chi connectivity index (χ1v) is 8.26. The van der Waals surface area contributed by atoms with Crippen molar-refractivity contribution in [3.8, 4) is 0 Å². The highest BCUT2D eigenvalue weighted by Crippen LogP contribution is 2.26. The van der Waals surface area contributed by atoms with E-state index in [0.717, 1.165) is 18.5 Å². The number of hydrogen-bond donors (Lipinski definition) is 1. The minimum Gasteiger partial charge on any atom is -0.356 e. The Morgan fingerprint density at radius 2 is 1.95 bits per heavy atom. The van der Waals surface area contributed by atoms with Gasteiger partial charge in [-0.25, -0.2) is 0 Å². The van der Waals surface area contributed by atoms with Crippen LogP contribution in [0.25, 0.3) is 0 Å². The first-order chi connectivity index (χ1) is 10.5. The third kappa shape index (κ3) is 4.01. The van der Waals surface area contributed by atoms with Crippen molar-refractivity contribution in [3.63, 3.8) is 0 Å². The smallest absolute Gasteiger partial charge is 0.227 e. The second-order valence-corrected chi connectivity index (χ2v) is 6.25. The molecule has 0 aromatic heterocycles. The molecule has 1 aliphatic rings. The van der Waals surface area contributed by atoms with E-state index in [1.165, 1.54) is 0 Å². The maximum absolute atomic E-state index is 12.1. The Kier molecular flexibility index (Phi) is 5.83. The van der Waals surface area contributed by atoms with Crippen molar-refractivity contribution < 1.29 is 9.59 Å². The zero-order valence-corrected chi connectivity index (χ0v) is 13.9. The van der Waals surface area contributed by atoms with Crippen LogP contribution < -0.4 is 10.2 Å². The number of benzene rings is 1. The van der Waals surface area contributed by atoms with E-state index in [1.807, 2.05) is 26.0 Å². The number of rotatable bonds is 6. The number of nitrogens with one attached hydrogen (secondary N) is 1. The standard InChI is InChI=1S/C17H23ClN2O2/c1-3-13(4-2)17(22)19-10-12-9-16(21)20(11-12)15-7-5-14(18)6-8-15/h5-8,12-13H,3-4,9-11H2,1-2H3,(H,19,22)/t12-/m1/s1. The molecule has 120 valence electrons. The second kappa shape index (κ2) is 7.63. The van der Waals surface area contributed by atoms with Gasteiger partial charge in [-0.2, -0.15) is 0 Å². The molecule has 0 spiro atoms. The molecule has 2 rings (SSSR count). The molecule has 2 amide bonds. The van der Waals surface area contributed by atoms with Gasteiger partial charge in [0, 0.05) is 42.1 Å². The van der Waals surface area contributed by atoms with Crippen molar-refractivity contribution in [1.82, 2.24) is 5.32 Å². The summed E-state index contributed by atoms with van der Waals surface area (Å²) in [6.07, 6.45) is 2.18. The molecule has 0 bridgehead atoms. The molecular formula is C17H23ClN2O2. The van der Waals surface area contributed by atoms with Gasteiger partial charge in [0.25, 0.3) is 0 Å². The molecule has 1 heterocycles. The Bertz CT molecular complexity index is 526. The summed E-state index contributed by atoms with van der Waals surface area (Å²) in [4.78, 5) is 25.9. The highest BCUT2D eigenvalue weighted by Gasteiger charge is 2.31. The fourth-order valence-electron chi connectivity index (χ4n) is 2.84. The Balaban J connectivity index is 1.90. The number of amides is 2. The highest BCUT2D eigenvalue weighted by molar-refractivity contribution is 6.30. The molecule has 5 heteroatoms. The average molecular weight is 323 g/mol. The Hall–Kier alpha value is -1.55. The summed E-state index contributed by atoms with van der Waals surface area (Å²) >= 11 is 5.87. The van der Waals surface area contributed by atoms with E-state index in [0.29, 0.717) is 24.5 Å². The number of carbonyl (C=O) groups is 2. The largest absolute Gasteiger partial charge is 0.356 e. The molecular weight excluding hydrogens is 300 g/mol. The maximum Gasteiger partial charge on any atom is 0.227 e. The summed E-state index contributed by atoms with van der Waals surface area (Å²) in [6.45, 7) is 5.25. The molecule has 1 aromatic rings. The molecule has 1 aliphatic heterocycles. The summed E-state index contributed by atoms with van der Waals surface area (Å²) in [5, 5.41) is 3.65. The lowest BCUT2D eigenvalue weighted by Gasteiger charge is -2.18. The minimum atomic E-state index is 0.0736. The van der Waals surface area contributed by atoms with Gasteiger partial charge in [-0.3, -0.25) is 9.59 Å². The van der Waals surface area contributed by atoms with Crippen LogP contribution in [0.5, 0.6) is 0 Å². The normalized spacial score (nSPS) is 18.1. The molecule has 0 unspecified atom stereocenters. The van der Waals surface area contributed by atoms with E-state index >= 15 is 0 Å². The van der Waals surface area contributed by atoms with Crippen LogP contribution in [-0.2, 0) is 9.59 Å². The molecule has 0 saturated carbocycles. The zero-order valence-electron chi connectivity index (χ0n) is 13.1. The Morgan fingerprint density at radius 1 is 1.32 bits per heavy atom. The molecule has 1 atom stereocenters. The van der Waals surface area contributed by atoms with Crippen LogP contribution in [0.3, 0.4) is 0 Å². The number of carbonyl (C=O) groups excluding carboxylic acids is 2. The van der Waals surface area contributed by atoms with Crippen molar-refractivity contribution in [2.24, 2.45) is 11.8 Å². The van der Waals surface area contributed by atoms with Crippen molar-refractivity contribution in [1.29, 1.82) is 0 Å². The number of hydrogen-bond acceptors (Lipinski definition) is 2. The Morgan fingerprint density at radius 3 is 2.55 bits per heavy atom. The summed E-state index contributed by atoms with van der Waals surface area (Å²) < 4.78 is 0. The van der Waals surface area contributed by atoms with Crippen LogP contribution in [0.1, 0.15) is 33.1 Å². The monoisotopic (exact) mass is 322 g/mol. The van der Waals surface area contributed by atoms with Gasteiger partial charge in [-0.05, 0) is 37.1 Å². The highest BCUT2D eigenvalue weighted by atomic mass is 35.5. The van der Waals surface area contributed by atoms with E-state index in [1.54, 1.807) is 17.0 Å². The second-order valence-electron chi connectivity index (χ2n) is 5.81. The third-order valence-electron chi connectivity index (χ3n) is 4.26. The minimum absolute atomic E-state index is 0.0736. The molecule has 1 N–H and O–H groups in total. The number of anilines is 1. The lowest BCUT2D eigenvalue weighted by molar-refractivity contribution is -0.125. The van der Waals surface area contributed by atoms with Crippen molar-refractivity contribution in [2.75, 3.05) is 18.0 Å². The SMILES string of the molecule is CCC(CC)C(=O)NC[C@H]1CC(=O)N(c2ccc(Cl)cc2)C1. The van der Waals surface area contributed by atoms with Gasteiger partial charge < -0.3 is 10.2 Å². The molecule has 0 radical (unpaired) electrons. The third-order valence-corrected chi connectivity index (χ3v) is 4.52. The predicted octanol–water partition coefficient (Wildman–Crippen LogP) is 3.25. The van der Waals surface area contributed by atoms with Crippen LogP contribution in [0, 0.1) is 11.8 Å². The average Bonchev–Trinajstić information content (AvgIpc) is 2.88. The molecule has 1 fully saturated rings. The van der Waals surface area contributed by atoms with Crippen LogP contribution in [0.4, 0.5) is 5.69 Å². The lowest BCUT2D eigenvalue weighted by atomic mass is 10.0. The van der Waals surface area contributed by atoms with Gasteiger partial charge in [-0.1, -0.05) is 25.4 Å². The van der Waals surface area contributed by atoms with Crippen molar-refractivity contribution in [2.45, 2.75) is 33.1 Å². The van der Waals surface area contributed by atoms with Crippen LogP contribution in [-0.4, -0.2) is 24.9 Å². The van der Waals surface area contributed by atoms with E-state index in [2.05, 4.69) is 5.32 Å². The van der Waals surface area contributed by atoms with E-state index in [9.17, 15) is 9.59 Å². The van der Waals surface area contributed by atoms with Gasteiger partial charge in [0.15, 0.2) is 0 Å². The lowest BCUT2D eigenvalue weighted by Crippen LogP contribution is -2.35. The Labute approximate surface area is 136 Å². The van der Waals surface area contributed by atoms with Crippen molar-refractivity contribution >= 4 is 29.1 Å². The van der Waals surface area contributed by atoms with Gasteiger partial charge in [-0.15, -0.1) is 0 Å². The summed E-state index contributed by atoms with van der Waals surface area (Å²) in [5.41, 5.74) is 0.864. The topological polar surface area (TPSA) is 49.4 Å². The molecule has 0 aliphatic carbocycles. The van der Waals surface area contributed by atoms with Gasteiger partial charge in [0.1, 0.15) is 0 Å². The maximum atomic E-state index is 12.1. The van der Waals surface area contributed by atoms with Gasteiger partial charge in [0.05, 0.1) is 0 Å². The number of halogens is 1. The number of nitrogens with zero attached hydrogens (tertiary/aromatic N) is 1. The van der Waals surface area contributed by atoms with E-state index < -0.39 is 0 Å². The fourth-order valence-corrected chi connectivity index (χ4v) is 2.96. The summed E-state index contributed by atoms with van der Waals surface area (Å²) in [6, 6.07) is 7.27. The first-order valence-electron chi connectivity index (χ1n) is 7.88. The van der Waals surface area contributed by atoms with E-state index in [-0.39, 0.29) is 23.7 Å². The molecule has 4 nitrogen and oxygen atoms in total. The first kappa shape index (κ1) is 16.8.